The fourth-order valence-electron chi connectivity index (χ4n) is 3.10. The number of rotatable bonds is 5. The van der Waals surface area contributed by atoms with Crippen molar-refractivity contribution in [2.75, 3.05) is 36.5 Å². The van der Waals surface area contributed by atoms with Crippen LogP contribution in [-0.4, -0.2) is 47.2 Å². The first-order valence-corrected chi connectivity index (χ1v) is 9.56. The lowest BCUT2D eigenvalue weighted by atomic mass is 10.2. The molecule has 1 fully saturated rings. The van der Waals surface area contributed by atoms with Gasteiger partial charge in [0.1, 0.15) is 17.3 Å². The molecule has 0 spiro atoms. The predicted octanol–water partition coefficient (Wildman–Crippen LogP) is 2.65. The van der Waals surface area contributed by atoms with Crippen molar-refractivity contribution >= 4 is 23.4 Å². The van der Waals surface area contributed by atoms with Crippen LogP contribution in [0.15, 0.2) is 66.4 Å². The van der Waals surface area contributed by atoms with E-state index in [-0.39, 0.29) is 5.57 Å². The van der Waals surface area contributed by atoms with Crippen LogP contribution in [0.4, 0.5) is 11.4 Å². The average molecular weight is 400 g/mol. The molecule has 0 bridgehead atoms. The van der Waals surface area contributed by atoms with E-state index in [1.807, 2.05) is 60.7 Å². The minimum absolute atomic E-state index is 0.0487. The molecule has 3 aromatic rings. The van der Waals surface area contributed by atoms with Gasteiger partial charge >= 0.3 is 0 Å². The lowest BCUT2D eigenvalue weighted by molar-refractivity contribution is -0.112. The van der Waals surface area contributed by atoms with Gasteiger partial charge in [0.2, 0.25) is 0 Å². The highest BCUT2D eigenvalue weighted by atomic mass is 16.5. The van der Waals surface area contributed by atoms with Gasteiger partial charge < -0.3 is 15.0 Å². The van der Waals surface area contributed by atoms with Crippen LogP contribution in [-0.2, 0) is 9.53 Å². The Hall–Kier alpha value is -3.96. The number of benzene rings is 2. The Kier molecular flexibility index (Phi) is 5.83. The molecule has 0 saturated carbocycles. The van der Waals surface area contributed by atoms with Crippen LogP contribution in [0.25, 0.3) is 11.8 Å². The molecule has 8 nitrogen and oxygen atoms in total. The first-order valence-electron chi connectivity index (χ1n) is 9.56. The first kappa shape index (κ1) is 19.4. The van der Waals surface area contributed by atoms with E-state index in [1.165, 1.54) is 17.1 Å². The maximum Gasteiger partial charge on any atom is 0.266 e. The first-order chi connectivity index (χ1) is 14.7. The number of nitrogens with zero attached hydrogens (tertiary/aromatic N) is 5. The number of amides is 1. The molecule has 30 heavy (non-hydrogen) atoms. The molecule has 2 aromatic carbocycles. The van der Waals surface area contributed by atoms with Crippen LogP contribution < -0.4 is 10.2 Å². The third-order valence-corrected chi connectivity index (χ3v) is 4.66. The van der Waals surface area contributed by atoms with Gasteiger partial charge in [-0.15, -0.1) is 5.10 Å². The summed E-state index contributed by atoms with van der Waals surface area (Å²) in [5.41, 5.74) is 2.86. The number of hydrogen-bond acceptors (Lipinski definition) is 6. The monoisotopic (exact) mass is 400 g/mol. The van der Waals surface area contributed by atoms with Crippen molar-refractivity contribution in [1.29, 1.82) is 5.26 Å². The summed E-state index contributed by atoms with van der Waals surface area (Å²) in [4.78, 5) is 16.2. The van der Waals surface area contributed by atoms with Crippen LogP contribution in [0.2, 0.25) is 0 Å². The molecule has 0 radical (unpaired) electrons. The van der Waals surface area contributed by atoms with E-state index in [1.54, 1.807) is 0 Å². The molecule has 1 aromatic heterocycles. The normalized spacial score (nSPS) is 14.2. The molecule has 1 aliphatic heterocycles. The Morgan fingerprint density at radius 1 is 1.07 bits per heavy atom. The van der Waals surface area contributed by atoms with Gasteiger partial charge in [-0.25, -0.2) is 0 Å². The molecule has 8 heteroatoms. The van der Waals surface area contributed by atoms with Crippen LogP contribution in [0.3, 0.4) is 0 Å². The number of hydrogen-bond donors (Lipinski definition) is 1. The minimum Gasteiger partial charge on any atom is -0.378 e. The summed E-state index contributed by atoms with van der Waals surface area (Å²) in [6.45, 7) is 3.11. The topological polar surface area (TPSA) is 96.1 Å². The SMILES string of the molecule is N#CC(=Cc1cnn(-c2ccccc2)n1)C(=O)Nc1ccc(N2CCOCC2)cc1. The largest absolute Gasteiger partial charge is 0.378 e. The van der Waals surface area contributed by atoms with Gasteiger partial charge in [-0.05, 0) is 42.5 Å². The number of carbonyl (C=O) groups is 1. The molecule has 150 valence electrons. The highest BCUT2D eigenvalue weighted by Gasteiger charge is 2.13. The van der Waals surface area contributed by atoms with Crippen molar-refractivity contribution in [2.24, 2.45) is 0 Å². The minimum atomic E-state index is -0.495. The number of para-hydroxylation sites is 1. The Balaban J connectivity index is 1.44. The molecule has 4 rings (SSSR count). The van der Waals surface area contributed by atoms with Crippen molar-refractivity contribution in [1.82, 2.24) is 15.0 Å². The molecule has 1 aliphatic rings. The Morgan fingerprint density at radius 3 is 2.50 bits per heavy atom. The van der Waals surface area contributed by atoms with Crippen molar-refractivity contribution in [3.05, 3.63) is 72.1 Å². The molecule has 0 unspecified atom stereocenters. The van der Waals surface area contributed by atoms with E-state index in [9.17, 15) is 10.1 Å². The van der Waals surface area contributed by atoms with Crippen LogP contribution >= 0.6 is 0 Å². The fraction of sp³-hybridized carbons (Fsp3) is 0.182. The van der Waals surface area contributed by atoms with E-state index in [2.05, 4.69) is 20.4 Å². The maximum atomic E-state index is 12.5. The molecular formula is C22H20N6O2. The molecule has 1 N–H and O–H groups in total. The summed E-state index contributed by atoms with van der Waals surface area (Å²) in [5.74, 6) is -0.495. The zero-order chi connectivity index (χ0) is 20.8. The third kappa shape index (κ3) is 4.54. The molecular weight excluding hydrogens is 380 g/mol. The van der Waals surface area contributed by atoms with Crippen molar-refractivity contribution < 1.29 is 9.53 Å². The zero-order valence-electron chi connectivity index (χ0n) is 16.2. The summed E-state index contributed by atoms with van der Waals surface area (Å²) in [6, 6.07) is 18.9. The number of ether oxygens (including phenoxy) is 1. The maximum absolute atomic E-state index is 12.5. The van der Waals surface area contributed by atoms with Gasteiger partial charge in [0, 0.05) is 24.5 Å². The highest BCUT2D eigenvalue weighted by molar-refractivity contribution is 6.09. The standard InChI is InChI=1S/C22H20N6O2/c23-15-17(14-19-16-24-28(26-19)21-4-2-1-3-5-21)22(29)25-18-6-8-20(9-7-18)27-10-12-30-13-11-27/h1-9,14,16H,10-13H2,(H,25,29). The molecule has 0 aliphatic carbocycles. The number of nitrogens with one attached hydrogen (secondary N) is 1. The second-order valence-corrected chi connectivity index (χ2v) is 6.66. The van der Waals surface area contributed by atoms with Crippen molar-refractivity contribution in [2.45, 2.75) is 0 Å². The summed E-state index contributed by atoms with van der Waals surface area (Å²) in [7, 11) is 0. The number of carbonyl (C=O) groups excluding carboxylic acids is 1. The van der Waals surface area contributed by atoms with Gasteiger partial charge in [0.25, 0.3) is 5.91 Å². The Bertz CT molecular complexity index is 1080. The highest BCUT2D eigenvalue weighted by Crippen LogP contribution is 2.19. The van der Waals surface area contributed by atoms with E-state index < -0.39 is 5.91 Å². The quantitative estimate of drug-likeness (QED) is 0.522. The average Bonchev–Trinajstić information content (AvgIpc) is 3.28. The van der Waals surface area contributed by atoms with E-state index >= 15 is 0 Å². The Morgan fingerprint density at radius 2 is 1.80 bits per heavy atom. The van der Waals surface area contributed by atoms with E-state index in [0.29, 0.717) is 24.6 Å². The second kappa shape index (κ2) is 9.03. The lowest BCUT2D eigenvalue weighted by Crippen LogP contribution is -2.36. The number of aromatic nitrogens is 3. The summed E-state index contributed by atoms with van der Waals surface area (Å²) in [6.07, 6.45) is 2.93. The number of morpholine rings is 1. The van der Waals surface area contributed by atoms with Gasteiger partial charge in [0.05, 0.1) is 25.1 Å². The van der Waals surface area contributed by atoms with Gasteiger partial charge in [-0.1, -0.05) is 18.2 Å². The Labute approximate surface area is 174 Å². The summed E-state index contributed by atoms with van der Waals surface area (Å²) >= 11 is 0. The summed E-state index contributed by atoms with van der Waals surface area (Å²) in [5, 5.41) is 20.7. The van der Waals surface area contributed by atoms with Gasteiger partial charge in [-0.3, -0.25) is 4.79 Å². The number of anilines is 2. The smallest absolute Gasteiger partial charge is 0.266 e. The predicted molar refractivity (Wildman–Crippen MR) is 113 cm³/mol. The lowest BCUT2D eigenvalue weighted by Gasteiger charge is -2.28. The van der Waals surface area contributed by atoms with Crippen LogP contribution in [0, 0.1) is 11.3 Å². The molecule has 1 amide bonds. The molecule has 2 heterocycles. The molecule has 1 saturated heterocycles. The second-order valence-electron chi connectivity index (χ2n) is 6.66. The number of nitriles is 1. The van der Waals surface area contributed by atoms with Crippen molar-refractivity contribution in [3.8, 4) is 11.8 Å². The van der Waals surface area contributed by atoms with E-state index in [4.69, 9.17) is 4.74 Å². The van der Waals surface area contributed by atoms with Gasteiger partial charge in [-0.2, -0.15) is 15.2 Å². The van der Waals surface area contributed by atoms with Crippen molar-refractivity contribution in [3.63, 3.8) is 0 Å². The summed E-state index contributed by atoms with van der Waals surface area (Å²) < 4.78 is 5.37. The van der Waals surface area contributed by atoms with Gasteiger partial charge in [0.15, 0.2) is 0 Å². The zero-order valence-corrected chi connectivity index (χ0v) is 16.2. The van der Waals surface area contributed by atoms with Crippen LogP contribution in [0.1, 0.15) is 5.69 Å². The van der Waals surface area contributed by atoms with Crippen LogP contribution in [0.5, 0.6) is 0 Å². The molecule has 0 atom stereocenters. The fourth-order valence-corrected chi connectivity index (χ4v) is 3.10. The van der Waals surface area contributed by atoms with E-state index in [0.717, 1.165) is 24.5 Å². The third-order valence-electron chi connectivity index (χ3n) is 4.66.